The lowest BCUT2D eigenvalue weighted by molar-refractivity contribution is -0.118. The maximum atomic E-state index is 13.2. The third-order valence-corrected chi connectivity index (χ3v) is 7.40. The molecule has 3 aromatic rings. The number of anilines is 1. The molecule has 0 saturated carbocycles. The molecule has 1 aliphatic heterocycles. The highest BCUT2D eigenvalue weighted by molar-refractivity contribution is 7.92. The van der Waals surface area contributed by atoms with Gasteiger partial charge in [0.2, 0.25) is 0 Å². The van der Waals surface area contributed by atoms with E-state index in [2.05, 4.69) is 10.3 Å². The largest absolute Gasteiger partial charge is 0.501 e. The lowest BCUT2D eigenvalue weighted by Crippen LogP contribution is -2.35. The van der Waals surface area contributed by atoms with Gasteiger partial charge in [-0.2, -0.15) is 13.2 Å². The number of nitrogens with one attached hydrogen (secondary N) is 1. The first-order chi connectivity index (χ1) is 16.4. The fourth-order valence-corrected chi connectivity index (χ4v) is 4.82. The van der Waals surface area contributed by atoms with E-state index in [-0.39, 0.29) is 5.69 Å². The summed E-state index contributed by atoms with van der Waals surface area (Å²) < 4.78 is 61.6. The highest BCUT2D eigenvalue weighted by atomic mass is 35.5. The van der Waals surface area contributed by atoms with Crippen molar-refractivity contribution in [2.45, 2.75) is 29.3 Å². The van der Waals surface area contributed by atoms with E-state index in [9.17, 15) is 31.2 Å². The summed E-state index contributed by atoms with van der Waals surface area (Å²) >= 11 is 6.11. The molecule has 2 aromatic carbocycles. The SMILES string of the molecule is CC(c1ccncc1-c1cccc(Cl)c1)C1NC(=O)N(c2ccc(S(=O)(=O)C(F)(F)F)cc2)C1=O. The number of rotatable bonds is 5. The molecule has 182 valence electrons. The molecule has 3 amide bonds. The predicted molar refractivity (Wildman–Crippen MR) is 123 cm³/mol. The lowest BCUT2D eigenvalue weighted by Gasteiger charge is -2.21. The second kappa shape index (κ2) is 8.97. The number of halogens is 4. The van der Waals surface area contributed by atoms with Crippen molar-refractivity contribution in [2.24, 2.45) is 0 Å². The topological polar surface area (TPSA) is 96.4 Å². The number of nitrogens with zero attached hydrogens (tertiary/aromatic N) is 2. The van der Waals surface area contributed by atoms with Gasteiger partial charge >= 0.3 is 11.5 Å². The molecule has 0 radical (unpaired) electrons. The van der Waals surface area contributed by atoms with Crippen LogP contribution in [0.15, 0.2) is 71.9 Å². The van der Waals surface area contributed by atoms with Crippen LogP contribution in [-0.2, 0) is 14.6 Å². The van der Waals surface area contributed by atoms with Crippen LogP contribution in [0.3, 0.4) is 0 Å². The number of hydrogen-bond donors (Lipinski definition) is 1. The molecule has 35 heavy (non-hydrogen) atoms. The summed E-state index contributed by atoms with van der Waals surface area (Å²) in [5.41, 5.74) is -3.34. The second-order valence-electron chi connectivity index (χ2n) is 7.81. The molecule has 7 nitrogen and oxygen atoms in total. The minimum Gasteiger partial charge on any atom is -0.325 e. The molecular weight excluding hydrogens is 507 g/mol. The molecule has 2 atom stereocenters. The Morgan fingerprint density at radius 1 is 1.09 bits per heavy atom. The average Bonchev–Trinajstić information content (AvgIpc) is 3.11. The van der Waals surface area contributed by atoms with E-state index in [0.29, 0.717) is 22.7 Å². The van der Waals surface area contributed by atoms with Gasteiger partial charge in [-0.3, -0.25) is 9.78 Å². The summed E-state index contributed by atoms with van der Waals surface area (Å²) in [5, 5.41) is 3.11. The fraction of sp³-hybridized carbons (Fsp3) is 0.174. The van der Waals surface area contributed by atoms with Crippen LogP contribution < -0.4 is 10.2 Å². The minimum atomic E-state index is -5.56. The molecule has 1 N–H and O–H groups in total. The van der Waals surface area contributed by atoms with Crippen molar-refractivity contribution >= 4 is 39.1 Å². The molecule has 2 unspecified atom stereocenters. The van der Waals surface area contributed by atoms with Gasteiger partial charge in [0.15, 0.2) is 0 Å². The van der Waals surface area contributed by atoms with E-state index in [1.54, 1.807) is 43.6 Å². The molecule has 1 aliphatic rings. The van der Waals surface area contributed by atoms with Crippen LogP contribution in [0.2, 0.25) is 5.02 Å². The number of aromatic nitrogens is 1. The Kier molecular flexibility index (Phi) is 6.32. The number of pyridine rings is 1. The highest BCUT2D eigenvalue weighted by Gasteiger charge is 2.47. The van der Waals surface area contributed by atoms with Crippen LogP contribution in [0.5, 0.6) is 0 Å². The van der Waals surface area contributed by atoms with Gasteiger partial charge in [0.05, 0.1) is 10.6 Å². The Morgan fingerprint density at radius 2 is 1.77 bits per heavy atom. The Morgan fingerprint density at radius 3 is 2.40 bits per heavy atom. The van der Waals surface area contributed by atoms with E-state index in [0.717, 1.165) is 28.2 Å². The monoisotopic (exact) mass is 523 g/mol. The average molecular weight is 524 g/mol. The number of benzene rings is 2. The Labute approximate surface area is 203 Å². The summed E-state index contributed by atoms with van der Waals surface area (Å²) in [6.45, 7) is 1.74. The van der Waals surface area contributed by atoms with Gasteiger partial charge in [-0.05, 0) is 53.6 Å². The molecule has 1 saturated heterocycles. The van der Waals surface area contributed by atoms with Crippen LogP contribution in [0.1, 0.15) is 18.4 Å². The van der Waals surface area contributed by atoms with Gasteiger partial charge in [-0.1, -0.05) is 30.7 Å². The van der Waals surface area contributed by atoms with Gasteiger partial charge in [0.25, 0.3) is 15.7 Å². The normalized spacial score (nSPS) is 17.4. The number of carbonyl (C=O) groups excluding carboxylic acids is 2. The van der Waals surface area contributed by atoms with Gasteiger partial charge in [0.1, 0.15) is 6.04 Å². The quantitative estimate of drug-likeness (QED) is 0.479. The first kappa shape index (κ1) is 24.7. The first-order valence-electron chi connectivity index (χ1n) is 10.2. The summed E-state index contributed by atoms with van der Waals surface area (Å²) in [7, 11) is -5.56. The summed E-state index contributed by atoms with van der Waals surface area (Å²) in [6, 6.07) is 10.4. The predicted octanol–water partition coefficient (Wildman–Crippen LogP) is 4.92. The molecule has 0 bridgehead atoms. The number of urea groups is 1. The van der Waals surface area contributed by atoms with Crippen LogP contribution in [0.4, 0.5) is 23.7 Å². The van der Waals surface area contributed by atoms with Crippen molar-refractivity contribution < 1.29 is 31.2 Å². The van der Waals surface area contributed by atoms with E-state index >= 15 is 0 Å². The maximum absolute atomic E-state index is 13.2. The zero-order valence-electron chi connectivity index (χ0n) is 18.0. The number of imide groups is 1. The number of carbonyl (C=O) groups is 2. The second-order valence-corrected chi connectivity index (χ2v) is 10.2. The van der Waals surface area contributed by atoms with Crippen molar-refractivity contribution in [3.05, 3.63) is 77.6 Å². The van der Waals surface area contributed by atoms with Crippen LogP contribution in [0, 0.1) is 0 Å². The van der Waals surface area contributed by atoms with Crippen molar-refractivity contribution in [1.82, 2.24) is 10.3 Å². The number of alkyl halides is 3. The number of hydrogen-bond acceptors (Lipinski definition) is 5. The number of sulfone groups is 1. The maximum Gasteiger partial charge on any atom is 0.501 e. The Balaban J connectivity index is 1.63. The molecule has 0 aliphatic carbocycles. The third kappa shape index (κ3) is 4.48. The number of amides is 3. The molecule has 4 rings (SSSR count). The van der Waals surface area contributed by atoms with Crippen molar-refractivity contribution in [3.63, 3.8) is 0 Å². The summed E-state index contributed by atoms with van der Waals surface area (Å²) in [5.74, 6) is -1.15. The van der Waals surface area contributed by atoms with Gasteiger partial charge in [-0.25, -0.2) is 18.1 Å². The van der Waals surface area contributed by atoms with Gasteiger partial charge in [0, 0.05) is 28.9 Å². The molecule has 2 heterocycles. The summed E-state index contributed by atoms with van der Waals surface area (Å²) in [6.07, 6.45) is 3.18. The Hall–Kier alpha value is -3.44. The van der Waals surface area contributed by atoms with Gasteiger partial charge < -0.3 is 5.32 Å². The zero-order valence-corrected chi connectivity index (χ0v) is 19.5. The van der Waals surface area contributed by atoms with Crippen LogP contribution >= 0.6 is 11.6 Å². The highest BCUT2D eigenvalue weighted by Crippen LogP contribution is 2.35. The van der Waals surface area contributed by atoms with E-state index in [1.165, 1.54) is 0 Å². The minimum absolute atomic E-state index is 0.0619. The van der Waals surface area contributed by atoms with E-state index in [4.69, 9.17) is 11.6 Å². The fourth-order valence-electron chi connectivity index (χ4n) is 3.87. The third-order valence-electron chi connectivity index (χ3n) is 5.66. The molecule has 1 aromatic heterocycles. The smallest absolute Gasteiger partial charge is 0.325 e. The standard InChI is InChI=1S/C23H17ClF3N3O4S/c1-13(18-9-10-28-12-19(18)14-3-2-4-15(24)11-14)20-21(31)30(22(32)29-20)16-5-7-17(8-6-16)35(33,34)23(25,26)27/h2-13,20H,1H3,(H,29,32). The molecule has 1 fully saturated rings. The van der Waals surface area contributed by atoms with Crippen molar-refractivity contribution in [3.8, 4) is 11.1 Å². The van der Waals surface area contributed by atoms with Crippen LogP contribution in [-0.4, -0.2) is 36.9 Å². The van der Waals surface area contributed by atoms with Gasteiger partial charge in [-0.15, -0.1) is 0 Å². The molecular formula is C23H17ClF3N3O4S. The molecule has 12 heteroatoms. The Bertz CT molecular complexity index is 1410. The van der Waals surface area contributed by atoms with E-state index < -0.39 is 44.1 Å². The lowest BCUT2D eigenvalue weighted by atomic mass is 9.88. The van der Waals surface area contributed by atoms with Crippen molar-refractivity contribution in [2.75, 3.05) is 4.90 Å². The zero-order chi connectivity index (χ0) is 25.5. The summed E-state index contributed by atoms with van der Waals surface area (Å²) in [4.78, 5) is 29.7. The molecule has 0 spiro atoms. The van der Waals surface area contributed by atoms with E-state index in [1.807, 2.05) is 6.07 Å². The van der Waals surface area contributed by atoms with Crippen molar-refractivity contribution in [1.29, 1.82) is 0 Å². The first-order valence-corrected chi connectivity index (χ1v) is 12.0. The van der Waals surface area contributed by atoms with Crippen LogP contribution in [0.25, 0.3) is 11.1 Å².